The van der Waals surface area contributed by atoms with Crippen molar-refractivity contribution in [3.63, 3.8) is 0 Å². The van der Waals surface area contributed by atoms with Crippen LogP contribution in [0.5, 0.6) is 11.5 Å². The quantitative estimate of drug-likeness (QED) is 0.934. The fourth-order valence-corrected chi connectivity index (χ4v) is 2.56. The third-order valence-electron chi connectivity index (χ3n) is 4.11. The number of aryl methyl sites for hydroxylation is 1. The molecule has 0 bridgehead atoms. The lowest BCUT2D eigenvalue weighted by atomic mass is 9.83. The van der Waals surface area contributed by atoms with E-state index < -0.39 is 5.54 Å². The van der Waals surface area contributed by atoms with Gasteiger partial charge in [0.25, 0.3) is 0 Å². The molecular formula is C18H23NO2. The van der Waals surface area contributed by atoms with Gasteiger partial charge in [0.15, 0.2) is 0 Å². The zero-order chi connectivity index (χ0) is 15.6. The molecule has 2 aromatic rings. The van der Waals surface area contributed by atoms with Crippen LogP contribution in [0.3, 0.4) is 0 Å². The molecule has 3 heteroatoms. The van der Waals surface area contributed by atoms with Gasteiger partial charge in [-0.25, -0.2) is 0 Å². The molecule has 0 saturated carbocycles. The highest BCUT2D eigenvalue weighted by atomic mass is 16.5. The van der Waals surface area contributed by atoms with Crippen molar-refractivity contribution in [3.8, 4) is 11.5 Å². The zero-order valence-electron chi connectivity index (χ0n) is 13.4. The van der Waals surface area contributed by atoms with Gasteiger partial charge in [-0.15, -0.1) is 0 Å². The summed E-state index contributed by atoms with van der Waals surface area (Å²) < 4.78 is 10.9. The van der Waals surface area contributed by atoms with Crippen LogP contribution in [0.1, 0.15) is 29.2 Å². The maximum absolute atomic E-state index is 6.64. The second-order valence-electron chi connectivity index (χ2n) is 5.52. The fourth-order valence-electron chi connectivity index (χ4n) is 2.56. The molecule has 3 nitrogen and oxygen atoms in total. The van der Waals surface area contributed by atoms with E-state index >= 15 is 0 Å². The molecule has 0 amide bonds. The molecule has 0 heterocycles. The van der Waals surface area contributed by atoms with Gasteiger partial charge < -0.3 is 15.2 Å². The summed E-state index contributed by atoms with van der Waals surface area (Å²) in [6, 6.07) is 12.0. The Kier molecular flexibility index (Phi) is 4.24. The molecular weight excluding hydrogens is 262 g/mol. The summed E-state index contributed by atoms with van der Waals surface area (Å²) in [5, 5.41) is 0. The summed E-state index contributed by atoms with van der Waals surface area (Å²) >= 11 is 0. The minimum atomic E-state index is -0.654. The van der Waals surface area contributed by atoms with Crippen LogP contribution in [0.15, 0.2) is 36.4 Å². The Bertz CT molecular complexity index is 648. The van der Waals surface area contributed by atoms with Crippen molar-refractivity contribution in [3.05, 3.63) is 58.7 Å². The molecule has 2 rings (SSSR count). The van der Waals surface area contributed by atoms with Crippen LogP contribution in [-0.4, -0.2) is 14.2 Å². The standard InChI is InChI=1S/C18H23NO2/c1-12-9-10-16(17(21-5)13(12)2)18(3,19)14-7-6-8-15(11-14)20-4/h6-11H,19H2,1-5H3. The van der Waals surface area contributed by atoms with Crippen LogP contribution >= 0.6 is 0 Å². The average Bonchev–Trinajstić information content (AvgIpc) is 2.49. The summed E-state index contributed by atoms with van der Waals surface area (Å²) in [5.74, 6) is 1.65. The highest BCUT2D eigenvalue weighted by Gasteiger charge is 2.28. The molecule has 0 saturated heterocycles. The van der Waals surface area contributed by atoms with Crippen LogP contribution in [0.4, 0.5) is 0 Å². The molecule has 1 unspecified atom stereocenters. The third-order valence-corrected chi connectivity index (χ3v) is 4.11. The maximum atomic E-state index is 6.64. The van der Waals surface area contributed by atoms with Gasteiger partial charge in [0, 0.05) is 5.56 Å². The second-order valence-corrected chi connectivity index (χ2v) is 5.52. The van der Waals surface area contributed by atoms with E-state index in [0.717, 1.165) is 28.2 Å². The highest BCUT2D eigenvalue weighted by Crippen LogP contribution is 2.37. The van der Waals surface area contributed by atoms with E-state index in [1.165, 1.54) is 5.56 Å². The van der Waals surface area contributed by atoms with Gasteiger partial charge in [0.05, 0.1) is 19.8 Å². The Hall–Kier alpha value is -2.00. The minimum Gasteiger partial charge on any atom is -0.497 e. The monoisotopic (exact) mass is 285 g/mol. The lowest BCUT2D eigenvalue weighted by Gasteiger charge is -2.29. The number of nitrogens with two attached hydrogens (primary N) is 1. The van der Waals surface area contributed by atoms with Gasteiger partial charge in [0.1, 0.15) is 11.5 Å². The largest absolute Gasteiger partial charge is 0.497 e. The van der Waals surface area contributed by atoms with E-state index in [4.69, 9.17) is 15.2 Å². The molecule has 21 heavy (non-hydrogen) atoms. The van der Waals surface area contributed by atoms with Crippen molar-refractivity contribution in [1.29, 1.82) is 0 Å². The Balaban J connectivity index is 2.60. The third kappa shape index (κ3) is 2.74. The first kappa shape index (κ1) is 15.4. The van der Waals surface area contributed by atoms with E-state index in [1.807, 2.05) is 37.3 Å². The molecule has 0 spiro atoms. The number of ether oxygens (including phenoxy) is 2. The average molecular weight is 285 g/mol. The molecule has 112 valence electrons. The van der Waals surface area contributed by atoms with Gasteiger partial charge in [-0.05, 0) is 49.6 Å². The molecule has 0 aliphatic heterocycles. The number of benzene rings is 2. The van der Waals surface area contributed by atoms with E-state index in [-0.39, 0.29) is 0 Å². The van der Waals surface area contributed by atoms with Crippen molar-refractivity contribution >= 4 is 0 Å². The number of methoxy groups -OCH3 is 2. The predicted octanol–water partition coefficient (Wildman–Crippen LogP) is 3.54. The van der Waals surface area contributed by atoms with Crippen molar-refractivity contribution in [2.24, 2.45) is 5.73 Å². The molecule has 2 N–H and O–H groups in total. The molecule has 0 aromatic heterocycles. The number of hydrogen-bond donors (Lipinski definition) is 1. The molecule has 2 aromatic carbocycles. The smallest absolute Gasteiger partial charge is 0.127 e. The molecule has 0 aliphatic carbocycles. The summed E-state index contributed by atoms with van der Waals surface area (Å²) in [6.07, 6.45) is 0. The first-order chi connectivity index (χ1) is 9.91. The summed E-state index contributed by atoms with van der Waals surface area (Å²) in [6.45, 7) is 6.12. The molecule has 0 radical (unpaired) electrons. The minimum absolute atomic E-state index is 0.654. The Labute approximate surface area is 126 Å². The van der Waals surface area contributed by atoms with Crippen LogP contribution < -0.4 is 15.2 Å². The lowest BCUT2D eigenvalue weighted by molar-refractivity contribution is 0.394. The van der Waals surface area contributed by atoms with E-state index in [1.54, 1.807) is 14.2 Å². The van der Waals surface area contributed by atoms with Crippen LogP contribution in [0.25, 0.3) is 0 Å². The van der Waals surface area contributed by atoms with Crippen molar-refractivity contribution < 1.29 is 9.47 Å². The Morgan fingerprint density at radius 1 is 1.00 bits per heavy atom. The number of rotatable bonds is 4. The summed E-state index contributed by atoms with van der Waals surface area (Å²) in [4.78, 5) is 0. The molecule has 1 atom stereocenters. The Morgan fingerprint density at radius 3 is 2.33 bits per heavy atom. The molecule has 0 fully saturated rings. The molecule has 0 aliphatic rings. The zero-order valence-corrected chi connectivity index (χ0v) is 13.4. The Morgan fingerprint density at radius 2 is 1.71 bits per heavy atom. The first-order valence-electron chi connectivity index (χ1n) is 7.00. The van der Waals surface area contributed by atoms with E-state index in [2.05, 4.69) is 19.9 Å². The van der Waals surface area contributed by atoms with Gasteiger partial charge in [0.2, 0.25) is 0 Å². The van der Waals surface area contributed by atoms with E-state index in [9.17, 15) is 0 Å². The van der Waals surface area contributed by atoms with Gasteiger partial charge in [-0.1, -0.05) is 24.3 Å². The second kappa shape index (κ2) is 5.78. The van der Waals surface area contributed by atoms with Gasteiger partial charge in [-0.3, -0.25) is 0 Å². The van der Waals surface area contributed by atoms with Crippen LogP contribution in [0.2, 0.25) is 0 Å². The van der Waals surface area contributed by atoms with Crippen LogP contribution in [-0.2, 0) is 5.54 Å². The van der Waals surface area contributed by atoms with E-state index in [0.29, 0.717) is 0 Å². The van der Waals surface area contributed by atoms with Crippen molar-refractivity contribution in [2.45, 2.75) is 26.3 Å². The summed E-state index contributed by atoms with van der Waals surface area (Å²) in [7, 11) is 3.34. The van der Waals surface area contributed by atoms with Crippen molar-refractivity contribution in [1.82, 2.24) is 0 Å². The summed E-state index contributed by atoms with van der Waals surface area (Å²) in [5.41, 5.74) is 10.3. The SMILES string of the molecule is COc1cccc(C(C)(N)c2ccc(C)c(C)c2OC)c1. The normalized spacial score (nSPS) is 13.6. The highest BCUT2D eigenvalue weighted by molar-refractivity contribution is 5.52. The predicted molar refractivity (Wildman–Crippen MR) is 86.1 cm³/mol. The van der Waals surface area contributed by atoms with Gasteiger partial charge in [-0.2, -0.15) is 0 Å². The van der Waals surface area contributed by atoms with Crippen LogP contribution in [0, 0.1) is 13.8 Å². The van der Waals surface area contributed by atoms with Crippen molar-refractivity contribution in [2.75, 3.05) is 14.2 Å². The lowest BCUT2D eigenvalue weighted by Crippen LogP contribution is -2.35. The van der Waals surface area contributed by atoms with Gasteiger partial charge >= 0.3 is 0 Å². The number of hydrogen-bond acceptors (Lipinski definition) is 3. The first-order valence-corrected chi connectivity index (χ1v) is 7.00. The topological polar surface area (TPSA) is 44.5 Å². The fraction of sp³-hybridized carbons (Fsp3) is 0.333. The maximum Gasteiger partial charge on any atom is 0.127 e.